The molecule has 0 aliphatic carbocycles. The van der Waals surface area contributed by atoms with Gasteiger partial charge >= 0.3 is 5.97 Å². The summed E-state index contributed by atoms with van der Waals surface area (Å²) in [5, 5.41) is 3.13. The Morgan fingerprint density at radius 3 is 2.11 bits per heavy atom. The largest absolute Gasteiger partial charge is 0.427 e. The summed E-state index contributed by atoms with van der Waals surface area (Å²) in [6.07, 6.45) is 0. The second-order valence-electron chi connectivity index (χ2n) is 6.78. The van der Waals surface area contributed by atoms with Gasteiger partial charge in [-0.2, -0.15) is 0 Å². The highest BCUT2D eigenvalue weighted by molar-refractivity contribution is 5.94. The van der Waals surface area contributed by atoms with Crippen LogP contribution in [-0.4, -0.2) is 11.9 Å². The van der Waals surface area contributed by atoms with Crippen LogP contribution < -0.4 is 10.1 Å². The maximum Gasteiger partial charge on any atom is 0.308 e. The minimum absolute atomic E-state index is 0.193. The quantitative estimate of drug-likeness (QED) is 0.519. The molecule has 3 aromatic carbocycles. The van der Waals surface area contributed by atoms with Gasteiger partial charge in [0.25, 0.3) is 5.91 Å². The zero-order valence-corrected chi connectivity index (χ0v) is 16.2. The molecule has 0 bridgehead atoms. The molecule has 3 rings (SSSR count). The summed E-state index contributed by atoms with van der Waals surface area (Å²) in [6.45, 7) is 5.48. The zero-order valence-electron chi connectivity index (χ0n) is 16.2. The van der Waals surface area contributed by atoms with E-state index in [-0.39, 0.29) is 11.9 Å². The molecule has 3 aromatic rings. The number of carbonyl (C=O) groups excluding carboxylic acids is 2. The van der Waals surface area contributed by atoms with Crippen LogP contribution in [0.15, 0.2) is 72.8 Å². The number of aryl methyl sites for hydroxylation is 2. The molecule has 0 aliphatic rings. The predicted molar refractivity (Wildman–Crippen MR) is 109 cm³/mol. The van der Waals surface area contributed by atoms with Crippen LogP contribution in [-0.2, 0) is 4.79 Å². The molecule has 1 N–H and O–H groups in total. The van der Waals surface area contributed by atoms with Crippen molar-refractivity contribution >= 4 is 11.9 Å². The Labute approximate surface area is 165 Å². The first kappa shape index (κ1) is 19.4. The van der Waals surface area contributed by atoms with Gasteiger partial charge in [-0.15, -0.1) is 0 Å². The smallest absolute Gasteiger partial charge is 0.308 e. The van der Waals surface area contributed by atoms with Gasteiger partial charge in [-0.05, 0) is 60.4 Å². The number of amides is 1. The third-order valence-electron chi connectivity index (χ3n) is 4.65. The Morgan fingerprint density at radius 2 is 1.50 bits per heavy atom. The summed E-state index contributed by atoms with van der Waals surface area (Å²) < 4.78 is 5.02. The molecular formula is C24H23NO3. The topological polar surface area (TPSA) is 55.4 Å². The number of hydrogen-bond donors (Lipinski definition) is 1. The van der Waals surface area contributed by atoms with E-state index >= 15 is 0 Å². The summed E-state index contributed by atoms with van der Waals surface area (Å²) in [7, 11) is 0. The molecule has 0 spiro atoms. The van der Waals surface area contributed by atoms with Crippen molar-refractivity contribution in [1.29, 1.82) is 0 Å². The highest BCUT2D eigenvalue weighted by atomic mass is 16.5. The fourth-order valence-electron chi connectivity index (χ4n) is 3.00. The molecular weight excluding hydrogens is 350 g/mol. The molecule has 0 heterocycles. The van der Waals surface area contributed by atoms with Crippen molar-refractivity contribution in [2.45, 2.75) is 26.8 Å². The van der Waals surface area contributed by atoms with E-state index in [1.807, 2.05) is 36.4 Å². The molecule has 1 amide bonds. The van der Waals surface area contributed by atoms with Crippen LogP contribution in [0.2, 0.25) is 0 Å². The van der Waals surface area contributed by atoms with Gasteiger partial charge in [-0.1, -0.05) is 48.5 Å². The standard InChI is InChI=1S/C24H23NO3/c1-16-9-10-21(15-17(16)2)23(19-7-5-4-6-8-19)25-24(27)20-11-13-22(14-12-20)28-18(3)26/h4-15,23H,1-3H3,(H,25,27)/t23-/m0/s1. The third-order valence-corrected chi connectivity index (χ3v) is 4.65. The summed E-state index contributed by atoms with van der Waals surface area (Å²) in [5.74, 6) is -0.171. The van der Waals surface area contributed by atoms with Gasteiger partial charge in [-0.3, -0.25) is 9.59 Å². The maximum atomic E-state index is 12.9. The minimum Gasteiger partial charge on any atom is -0.427 e. The van der Waals surface area contributed by atoms with Crippen LogP contribution in [0.5, 0.6) is 5.75 Å². The molecule has 0 aromatic heterocycles. The number of esters is 1. The fraction of sp³-hybridized carbons (Fsp3) is 0.167. The predicted octanol–water partition coefficient (Wildman–Crippen LogP) is 4.75. The lowest BCUT2D eigenvalue weighted by Crippen LogP contribution is -2.29. The number of carbonyl (C=O) groups is 2. The SMILES string of the molecule is CC(=O)Oc1ccc(C(=O)N[C@@H](c2ccccc2)c2ccc(C)c(C)c2)cc1. The first-order valence-electron chi connectivity index (χ1n) is 9.15. The molecule has 0 unspecified atom stereocenters. The van der Waals surface area contributed by atoms with E-state index in [1.165, 1.54) is 18.1 Å². The van der Waals surface area contributed by atoms with Crippen LogP contribution in [0.4, 0.5) is 0 Å². The van der Waals surface area contributed by atoms with Gasteiger partial charge < -0.3 is 10.1 Å². The van der Waals surface area contributed by atoms with Crippen molar-refractivity contribution in [3.63, 3.8) is 0 Å². The van der Waals surface area contributed by atoms with Crippen molar-refractivity contribution in [3.05, 3.63) is 101 Å². The molecule has 28 heavy (non-hydrogen) atoms. The van der Waals surface area contributed by atoms with Crippen LogP contribution in [0.1, 0.15) is 45.6 Å². The highest BCUT2D eigenvalue weighted by Gasteiger charge is 2.18. The first-order valence-corrected chi connectivity index (χ1v) is 9.15. The molecule has 4 nitrogen and oxygen atoms in total. The lowest BCUT2D eigenvalue weighted by molar-refractivity contribution is -0.131. The van der Waals surface area contributed by atoms with E-state index < -0.39 is 5.97 Å². The molecule has 0 aliphatic heterocycles. The Bertz CT molecular complexity index is 978. The molecule has 4 heteroatoms. The van der Waals surface area contributed by atoms with Crippen molar-refractivity contribution in [3.8, 4) is 5.75 Å². The van der Waals surface area contributed by atoms with Crippen LogP contribution in [0, 0.1) is 13.8 Å². The molecule has 0 saturated carbocycles. The minimum atomic E-state index is -0.393. The lowest BCUT2D eigenvalue weighted by Gasteiger charge is -2.21. The Hall–Kier alpha value is -3.40. The van der Waals surface area contributed by atoms with Crippen molar-refractivity contribution < 1.29 is 14.3 Å². The fourth-order valence-corrected chi connectivity index (χ4v) is 3.00. The van der Waals surface area contributed by atoms with Crippen molar-refractivity contribution in [1.82, 2.24) is 5.32 Å². The Kier molecular flexibility index (Phi) is 5.90. The average molecular weight is 373 g/mol. The van der Waals surface area contributed by atoms with Gasteiger partial charge in [0.1, 0.15) is 5.75 Å². The van der Waals surface area contributed by atoms with E-state index in [9.17, 15) is 9.59 Å². The highest BCUT2D eigenvalue weighted by Crippen LogP contribution is 2.25. The summed E-state index contributed by atoms with van der Waals surface area (Å²) in [6, 6.07) is 22.4. The van der Waals surface area contributed by atoms with Crippen LogP contribution in [0.3, 0.4) is 0 Å². The number of rotatable bonds is 5. The van der Waals surface area contributed by atoms with Crippen LogP contribution in [0.25, 0.3) is 0 Å². The monoisotopic (exact) mass is 373 g/mol. The van der Waals surface area contributed by atoms with Crippen LogP contribution >= 0.6 is 0 Å². The second-order valence-corrected chi connectivity index (χ2v) is 6.78. The van der Waals surface area contributed by atoms with Crippen molar-refractivity contribution in [2.24, 2.45) is 0 Å². The second kappa shape index (κ2) is 8.53. The van der Waals surface area contributed by atoms with Gasteiger partial charge in [0.05, 0.1) is 6.04 Å². The summed E-state index contributed by atoms with van der Waals surface area (Å²) >= 11 is 0. The van der Waals surface area contributed by atoms with Gasteiger partial charge in [-0.25, -0.2) is 0 Å². The normalized spacial score (nSPS) is 11.5. The molecule has 0 fully saturated rings. The maximum absolute atomic E-state index is 12.9. The van der Waals surface area contributed by atoms with Gasteiger partial charge in [0, 0.05) is 12.5 Å². The number of nitrogens with one attached hydrogen (secondary N) is 1. The molecule has 142 valence electrons. The molecule has 0 radical (unpaired) electrons. The Balaban J connectivity index is 1.88. The average Bonchev–Trinajstić information content (AvgIpc) is 2.69. The van der Waals surface area contributed by atoms with E-state index in [0.29, 0.717) is 11.3 Å². The lowest BCUT2D eigenvalue weighted by atomic mass is 9.95. The number of hydrogen-bond acceptors (Lipinski definition) is 3. The van der Waals surface area contributed by atoms with E-state index in [2.05, 4.69) is 31.3 Å². The number of ether oxygens (including phenoxy) is 1. The van der Waals surface area contributed by atoms with Gasteiger partial charge in [0.15, 0.2) is 0 Å². The first-order chi connectivity index (χ1) is 13.4. The summed E-state index contributed by atoms with van der Waals surface area (Å²) in [4.78, 5) is 23.9. The van der Waals surface area contributed by atoms with Gasteiger partial charge in [0.2, 0.25) is 0 Å². The molecule has 1 atom stereocenters. The number of benzene rings is 3. The van der Waals surface area contributed by atoms with E-state index in [0.717, 1.165) is 11.1 Å². The van der Waals surface area contributed by atoms with E-state index in [1.54, 1.807) is 24.3 Å². The van der Waals surface area contributed by atoms with Crippen molar-refractivity contribution in [2.75, 3.05) is 0 Å². The third kappa shape index (κ3) is 4.65. The molecule has 0 saturated heterocycles. The Morgan fingerprint density at radius 1 is 0.821 bits per heavy atom. The van der Waals surface area contributed by atoms with E-state index in [4.69, 9.17) is 4.74 Å². The summed E-state index contributed by atoms with van der Waals surface area (Å²) in [5.41, 5.74) is 4.93. The zero-order chi connectivity index (χ0) is 20.1.